The van der Waals surface area contributed by atoms with Gasteiger partial charge in [0.15, 0.2) is 5.78 Å². The van der Waals surface area contributed by atoms with E-state index in [0.717, 1.165) is 104 Å². The fourth-order valence-electron chi connectivity index (χ4n) is 8.94. The molecule has 4 atom stereocenters. The number of fused-ring (bicyclic) bond motifs is 4. The van der Waals surface area contributed by atoms with Gasteiger partial charge >= 0.3 is 5.97 Å². The van der Waals surface area contributed by atoms with Crippen LogP contribution in [0, 0.1) is 18.3 Å². The van der Waals surface area contributed by atoms with Gasteiger partial charge in [0, 0.05) is 37.2 Å². The molecule has 1 saturated heterocycles. The highest BCUT2D eigenvalue weighted by atomic mass is 16.4. The molecule has 2 aliphatic carbocycles. The Hall–Kier alpha value is -3.94. The first kappa shape index (κ1) is 33.0. The van der Waals surface area contributed by atoms with Gasteiger partial charge in [0.05, 0.1) is 19.0 Å². The highest BCUT2D eigenvalue weighted by Crippen LogP contribution is 2.45. The maximum Gasteiger partial charge on any atom is 0.310 e. The minimum absolute atomic E-state index is 0.0521. The molecule has 47 heavy (non-hydrogen) atoms. The van der Waals surface area contributed by atoms with Gasteiger partial charge in [-0.2, -0.15) is 0 Å². The summed E-state index contributed by atoms with van der Waals surface area (Å²) in [6.45, 7) is 2.83. The molecule has 244 valence electrons. The largest absolute Gasteiger partial charge is 0.481 e. The Morgan fingerprint density at radius 2 is 1.77 bits per heavy atom. The van der Waals surface area contributed by atoms with Crippen molar-refractivity contribution in [3.05, 3.63) is 112 Å². The first-order chi connectivity index (χ1) is 23.0. The average molecular weight is 629 g/mol. The molecule has 0 spiro atoms. The van der Waals surface area contributed by atoms with Crippen molar-refractivity contribution < 1.29 is 19.2 Å². The van der Waals surface area contributed by atoms with E-state index in [4.69, 9.17) is 6.42 Å². The zero-order valence-corrected chi connectivity index (χ0v) is 27.8. The minimum atomic E-state index is -0.758. The summed E-state index contributed by atoms with van der Waals surface area (Å²) in [7, 11) is 0. The van der Waals surface area contributed by atoms with Crippen LogP contribution < -0.4 is 0 Å². The third kappa shape index (κ3) is 7.31. The van der Waals surface area contributed by atoms with Crippen LogP contribution >= 0.6 is 0 Å². The van der Waals surface area contributed by atoms with Crippen LogP contribution in [0.25, 0.3) is 5.57 Å². The molecular formula is C43H50NO3+. The van der Waals surface area contributed by atoms with Gasteiger partial charge in [-0.15, -0.1) is 12.3 Å². The smallest absolute Gasteiger partial charge is 0.310 e. The highest BCUT2D eigenvalue weighted by molar-refractivity contribution is 5.90. The van der Waals surface area contributed by atoms with Crippen LogP contribution in [0.5, 0.6) is 0 Å². The van der Waals surface area contributed by atoms with E-state index >= 15 is 0 Å². The Labute approximate surface area is 281 Å². The summed E-state index contributed by atoms with van der Waals surface area (Å²) in [6, 6.07) is 19.5. The summed E-state index contributed by atoms with van der Waals surface area (Å²) in [5.41, 5.74) is 8.43. The number of hydrogen-bond acceptors (Lipinski definition) is 2. The minimum Gasteiger partial charge on any atom is -0.481 e. The van der Waals surface area contributed by atoms with Gasteiger partial charge < -0.3 is 9.59 Å². The van der Waals surface area contributed by atoms with E-state index < -0.39 is 11.9 Å². The summed E-state index contributed by atoms with van der Waals surface area (Å²) in [5, 5.41) is 10.6. The maximum atomic E-state index is 14.2. The number of rotatable bonds is 8. The third-order valence-corrected chi connectivity index (χ3v) is 11.2. The van der Waals surface area contributed by atoms with E-state index in [1.165, 1.54) is 16.7 Å². The number of carbonyl (C=O) groups excluding carboxylic acids is 1. The number of nitrogens with zero attached hydrogens (tertiary/aromatic N) is 1. The lowest BCUT2D eigenvalue weighted by molar-refractivity contribution is -0.938. The summed E-state index contributed by atoms with van der Waals surface area (Å²) >= 11 is 0. The summed E-state index contributed by atoms with van der Waals surface area (Å²) in [4.78, 5) is 27.1. The molecule has 0 aromatic heterocycles. The SMILES string of the molecule is C#CCCCC(C(=O)O)C1=C(C2=CCCC=C2)c2ccccc2C2CCC(=O)C3CCC[N+]3(Cc3ccccc3)CC=C2CCCC1. The molecule has 0 radical (unpaired) electrons. The Bertz CT molecular complexity index is 1620. The van der Waals surface area contributed by atoms with Crippen LogP contribution in [0.4, 0.5) is 0 Å². The fourth-order valence-corrected chi connectivity index (χ4v) is 8.94. The van der Waals surface area contributed by atoms with Gasteiger partial charge in [-0.1, -0.05) is 78.4 Å². The number of carbonyl (C=O) groups is 2. The van der Waals surface area contributed by atoms with E-state index in [0.29, 0.717) is 31.5 Å². The topological polar surface area (TPSA) is 54.4 Å². The normalized spacial score (nSPS) is 25.5. The fraction of sp³-hybridized carbons (Fsp3) is 0.442. The predicted octanol–water partition coefficient (Wildman–Crippen LogP) is 9.35. The maximum absolute atomic E-state index is 14.2. The van der Waals surface area contributed by atoms with Crippen LogP contribution in [-0.2, 0) is 16.1 Å². The zero-order valence-electron chi connectivity index (χ0n) is 27.8. The Morgan fingerprint density at radius 3 is 2.55 bits per heavy atom. The molecule has 2 aromatic carbocycles. The zero-order chi connectivity index (χ0) is 32.6. The van der Waals surface area contributed by atoms with Gasteiger partial charge in [0.25, 0.3) is 0 Å². The second-order valence-electron chi connectivity index (χ2n) is 14.1. The molecule has 2 heterocycles. The number of aliphatic carboxylic acids is 1. The molecule has 1 fully saturated rings. The lowest BCUT2D eigenvalue weighted by Gasteiger charge is -2.39. The number of terminal acetylenes is 1. The molecule has 2 aromatic rings. The number of hydrogen-bond donors (Lipinski definition) is 1. The first-order valence-electron chi connectivity index (χ1n) is 18.0. The molecule has 4 nitrogen and oxygen atoms in total. The number of allylic oxidation sites excluding steroid dienone is 6. The number of unbranched alkanes of at least 4 members (excludes halogenated alkanes) is 1. The van der Waals surface area contributed by atoms with Crippen molar-refractivity contribution in [1.82, 2.24) is 0 Å². The van der Waals surface area contributed by atoms with Crippen molar-refractivity contribution in [2.45, 2.75) is 102 Å². The highest BCUT2D eigenvalue weighted by Gasteiger charge is 2.46. The number of carboxylic acids is 1. The summed E-state index contributed by atoms with van der Waals surface area (Å²) in [6.07, 6.45) is 25.8. The number of carboxylic acid groups (broad SMARTS) is 1. The van der Waals surface area contributed by atoms with Crippen LogP contribution in [0.15, 0.2) is 95.6 Å². The van der Waals surface area contributed by atoms with Crippen molar-refractivity contribution in [2.24, 2.45) is 5.92 Å². The van der Waals surface area contributed by atoms with E-state index in [-0.39, 0.29) is 12.0 Å². The average Bonchev–Trinajstić information content (AvgIpc) is 3.52. The number of ketones is 1. The van der Waals surface area contributed by atoms with Crippen molar-refractivity contribution in [3.8, 4) is 12.3 Å². The predicted molar refractivity (Wildman–Crippen MR) is 190 cm³/mol. The van der Waals surface area contributed by atoms with Gasteiger partial charge in [-0.3, -0.25) is 9.59 Å². The Kier molecular flexibility index (Phi) is 10.7. The quantitative estimate of drug-likeness (QED) is 0.137. The number of Topliss-reactive ketones (excluding diaryl/α,β-unsaturated/α-hetero) is 1. The van der Waals surface area contributed by atoms with Crippen LogP contribution in [0.1, 0.15) is 106 Å². The molecule has 0 amide bonds. The van der Waals surface area contributed by atoms with Gasteiger partial charge in [-0.05, 0) is 91.7 Å². The molecule has 2 aliphatic heterocycles. The summed E-state index contributed by atoms with van der Waals surface area (Å²) < 4.78 is 0.839. The first-order valence-corrected chi connectivity index (χ1v) is 18.0. The molecule has 4 aliphatic rings. The molecule has 1 N–H and O–H groups in total. The monoisotopic (exact) mass is 628 g/mol. The Balaban J connectivity index is 1.48. The molecule has 6 rings (SSSR count). The molecule has 0 bridgehead atoms. The van der Waals surface area contributed by atoms with Crippen molar-refractivity contribution in [3.63, 3.8) is 0 Å². The molecule has 4 heteroatoms. The molecular weight excluding hydrogens is 578 g/mol. The van der Waals surface area contributed by atoms with Gasteiger partial charge in [0.1, 0.15) is 12.6 Å². The van der Waals surface area contributed by atoms with Crippen molar-refractivity contribution in [1.29, 1.82) is 0 Å². The lowest BCUT2D eigenvalue weighted by atomic mass is 9.74. The van der Waals surface area contributed by atoms with Crippen LogP contribution in [-0.4, -0.2) is 40.5 Å². The van der Waals surface area contributed by atoms with E-state index in [9.17, 15) is 14.7 Å². The second-order valence-corrected chi connectivity index (χ2v) is 14.1. The second kappa shape index (κ2) is 15.3. The summed E-state index contributed by atoms with van der Waals surface area (Å²) in [5.74, 6) is 1.91. The Morgan fingerprint density at radius 1 is 0.957 bits per heavy atom. The molecule has 0 saturated carbocycles. The van der Waals surface area contributed by atoms with E-state index in [2.05, 4.69) is 84.8 Å². The van der Waals surface area contributed by atoms with Crippen LogP contribution in [0.2, 0.25) is 0 Å². The van der Waals surface area contributed by atoms with Gasteiger partial charge in [0.2, 0.25) is 0 Å². The number of quaternary nitrogens is 1. The standard InChI is InChI=1S/C43H49NO3/c1-2-3-6-24-39(43(46)47)38-23-12-11-18-33-28-30-44(31-32-16-7-4-8-17-32)29-15-25-40(44)41(45)27-26-35(33)36-21-13-14-22-37(36)42(38)34-19-9-5-10-20-34/h1,4,7-9,13-14,16-17,19-22,28,35,39-40H,3,5-6,10-12,15,18,23-27,29-31H2/p+1. The van der Waals surface area contributed by atoms with Gasteiger partial charge in [-0.25, -0.2) is 0 Å². The lowest BCUT2D eigenvalue weighted by Crippen LogP contribution is -2.54. The van der Waals surface area contributed by atoms with E-state index in [1.807, 2.05) is 0 Å². The van der Waals surface area contributed by atoms with Crippen molar-refractivity contribution in [2.75, 3.05) is 13.1 Å². The van der Waals surface area contributed by atoms with Crippen LogP contribution in [0.3, 0.4) is 0 Å². The third-order valence-electron chi connectivity index (χ3n) is 11.2. The molecule has 4 unspecified atom stereocenters. The van der Waals surface area contributed by atoms with E-state index in [1.54, 1.807) is 0 Å². The number of benzene rings is 2. The van der Waals surface area contributed by atoms with Crippen molar-refractivity contribution >= 4 is 17.3 Å².